The Balaban J connectivity index is 1.89. The van der Waals surface area contributed by atoms with Crippen LogP contribution in [0.3, 0.4) is 0 Å². The number of carbonyl (C=O) groups excluding carboxylic acids is 1. The SMILES string of the molecule is N#Cc1ccc(NC(=O)NCc2cncnc2N)cc1. The molecule has 0 radical (unpaired) electrons. The summed E-state index contributed by atoms with van der Waals surface area (Å²) < 4.78 is 0. The van der Waals surface area contributed by atoms with Crippen LogP contribution in [0.4, 0.5) is 16.3 Å². The first-order valence-electron chi connectivity index (χ1n) is 5.78. The van der Waals surface area contributed by atoms with Crippen LogP contribution >= 0.6 is 0 Å². The number of nitrogen functional groups attached to an aromatic ring is 1. The first-order chi connectivity index (χ1) is 9.69. The second-order valence-electron chi connectivity index (χ2n) is 3.93. The van der Waals surface area contributed by atoms with Gasteiger partial charge >= 0.3 is 6.03 Å². The van der Waals surface area contributed by atoms with Gasteiger partial charge in [-0.25, -0.2) is 14.8 Å². The van der Waals surface area contributed by atoms with Crippen LogP contribution in [0.1, 0.15) is 11.1 Å². The third-order valence-corrected chi connectivity index (χ3v) is 2.53. The number of anilines is 2. The highest BCUT2D eigenvalue weighted by Crippen LogP contribution is 2.09. The molecule has 0 aliphatic heterocycles. The average Bonchev–Trinajstić information content (AvgIpc) is 2.47. The van der Waals surface area contributed by atoms with E-state index in [0.29, 0.717) is 22.6 Å². The number of aromatic nitrogens is 2. The Morgan fingerprint density at radius 1 is 1.35 bits per heavy atom. The predicted octanol–water partition coefficient (Wildman–Crippen LogP) is 1.25. The van der Waals surface area contributed by atoms with Gasteiger partial charge in [-0.1, -0.05) is 0 Å². The molecule has 0 bridgehead atoms. The summed E-state index contributed by atoms with van der Waals surface area (Å²) in [6.07, 6.45) is 2.89. The molecule has 7 nitrogen and oxygen atoms in total. The van der Waals surface area contributed by atoms with E-state index in [4.69, 9.17) is 11.0 Å². The summed E-state index contributed by atoms with van der Waals surface area (Å²) in [5.74, 6) is 0.332. The molecule has 0 saturated carbocycles. The van der Waals surface area contributed by atoms with Gasteiger partial charge in [0.2, 0.25) is 0 Å². The van der Waals surface area contributed by atoms with E-state index in [1.54, 1.807) is 30.5 Å². The van der Waals surface area contributed by atoms with Gasteiger partial charge in [-0.2, -0.15) is 5.26 Å². The highest BCUT2D eigenvalue weighted by Gasteiger charge is 2.04. The van der Waals surface area contributed by atoms with Crippen molar-refractivity contribution in [1.29, 1.82) is 5.26 Å². The van der Waals surface area contributed by atoms with Crippen LogP contribution in [0.5, 0.6) is 0 Å². The maximum Gasteiger partial charge on any atom is 0.319 e. The van der Waals surface area contributed by atoms with Gasteiger partial charge in [0.25, 0.3) is 0 Å². The molecule has 0 unspecified atom stereocenters. The summed E-state index contributed by atoms with van der Waals surface area (Å²) in [5, 5.41) is 14.0. The number of hydrogen-bond donors (Lipinski definition) is 3. The third kappa shape index (κ3) is 3.43. The van der Waals surface area contributed by atoms with Gasteiger partial charge in [-0.05, 0) is 24.3 Å². The lowest BCUT2D eigenvalue weighted by Gasteiger charge is -2.08. The quantitative estimate of drug-likeness (QED) is 0.774. The van der Waals surface area contributed by atoms with E-state index in [0.717, 1.165) is 0 Å². The highest BCUT2D eigenvalue weighted by atomic mass is 16.2. The molecule has 1 aromatic carbocycles. The molecule has 0 atom stereocenters. The van der Waals surface area contributed by atoms with Crippen molar-refractivity contribution in [3.8, 4) is 6.07 Å². The Bertz CT molecular complexity index is 647. The summed E-state index contributed by atoms with van der Waals surface area (Å²) in [4.78, 5) is 19.3. The molecular weight excluding hydrogens is 256 g/mol. The molecule has 0 fully saturated rings. The number of carbonyl (C=O) groups is 1. The number of hydrogen-bond acceptors (Lipinski definition) is 5. The Hall–Kier alpha value is -3.14. The van der Waals surface area contributed by atoms with Crippen LogP contribution in [-0.2, 0) is 6.54 Å². The maximum absolute atomic E-state index is 11.7. The number of nitrogens with two attached hydrogens (primary N) is 1. The second-order valence-corrected chi connectivity index (χ2v) is 3.93. The van der Waals surface area contributed by atoms with Crippen molar-refractivity contribution in [3.05, 3.63) is 47.9 Å². The van der Waals surface area contributed by atoms with Crippen molar-refractivity contribution in [2.75, 3.05) is 11.1 Å². The minimum atomic E-state index is -0.377. The monoisotopic (exact) mass is 268 g/mol. The van der Waals surface area contributed by atoms with E-state index >= 15 is 0 Å². The van der Waals surface area contributed by atoms with E-state index in [-0.39, 0.29) is 12.6 Å². The topological polar surface area (TPSA) is 117 Å². The molecule has 1 heterocycles. The molecule has 7 heteroatoms. The molecule has 4 N–H and O–H groups in total. The van der Waals surface area contributed by atoms with Crippen molar-refractivity contribution in [2.45, 2.75) is 6.54 Å². The molecule has 1 aromatic heterocycles. The molecule has 2 rings (SSSR count). The van der Waals surface area contributed by atoms with Crippen LogP contribution in [0.15, 0.2) is 36.8 Å². The van der Waals surface area contributed by atoms with E-state index in [9.17, 15) is 4.79 Å². The van der Waals surface area contributed by atoms with Gasteiger partial charge in [0.1, 0.15) is 12.1 Å². The molecule has 0 spiro atoms. The van der Waals surface area contributed by atoms with E-state index in [1.165, 1.54) is 6.33 Å². The summed E-state index contributed by atoms with van der Waals surface area (Å²) in [6, 6.07) is 8.18. The standard InChI is InChI=1S/C13H12N6O/c14-5-9-1-3-11(4-2-9)19-13(20)17-7-10-6-16-8-18-12(10)15/h1-4,6,8H,7H2,(H2,15,16,18)(H2,17,19,20). The Morgan fingerprint density at radius 2 is 2.10 bits per heavy atom. The number of nitrogens with one attached hydrogen (secondary N) is 2. The van der Waals surface area contributed by atoms with Gasteiger partial charge < -0.3 is 16.4 Å². The lowest BCUT2D eigenvalue weighted by Crippen LogP contribution is -2.28. The molecule has 0 aliphatic rings. The number of nitriles is 1. The first kappa shape index (κ1) is 13.3. The fourth-order valence-electron chi connectivity index (χ4n) is 1.48. The molecule has 0 aliphatic carbocycles. The number of rotatable bonds is 3. The van der Waals surface area contributed by atoms with Gasteiger partial charge in [0, 0.05) is 24.0 Å². The smallest absolute Gasteiger partial charge is 0.319 e. The van der Waals surface area contributed by atoms with Crippen molar-refractivity contribution < 1.29 is 4.79 Å². The lowest BCUT2D eigenvalue weighted by molar-refractivity contribution is 0.252. The summed E-state index contributed by atoms with van der Waals surface area (Å²) in [5.41, 5.74) is 7.41. The maximum atomic E-state index is 11.7. The minimum Gasteiger partial charge on any atom is -0.383 e. The molecular formula is C13H12N6O. The Morgan fingerprint density at radius 3 is 2.75 bits per heavy atom. The van der Waals surface area contributed by atoms with Crippen molar-refractivity contribution >= 4 is 17.5 Å². The van der Waals surface area contributed by atoms with Gasteiger partial charge in [0.05, 0.1) is 11.6 Å². The Kier molecular flexibility index (Phi) is 4.09. The largest absolute Gasteiger partial charge is 0.383 e. The zero-order chi connectivity index (χ0) is 14.4. The normalized spacial score (nSPS) is 9.55. The minimum absolute atomic E-state index is 0.231. The molecule has 100 valence electrons. The third-order valence-electron chi connectivity index (χ3n) is 2.53. The molecule has 2 amide bonds. The van der Waals surface area contributed by atoms with Crippen molar-refractivity contribution in [3.63, 3.8) is 0 Å². The van der Waals surface area contributed by atoms with Crippen LogP contribution in [-0.4, -0.2) is 16.0 Å². The molecule has 20 heavy (non-hydrogen) atoms. The highest BCUT2D eigenvalue weighted by molar-refractivity contribution is 5.89. The van der Waals surface area contributed by atoms with Crippen LogP contribution in [0.25, 0.3) is 0 Å². The lowest BCUT2D eigenvalue weighted by atomic mass is 10.2. The number of nitrogens with zero attached hydrogens (tertiary/aromatic N) is 3. The van der Waals surface area contributed by atoms with Crippen molar-refractivity contribution in [2.24, 2.45) is 0 Å². The zero-order valence-corrected chi connectivity index (χ0v) is 10.5. The number of benzene rings is 1. The van der Waals surface area contributed by atoms with E-state index in [2.05, 4.69) is 20.6 Å². The fourth-order valence-corrected chi connectivity index (χ4v) is 1.48. The number of amides is 2. The van der Waals surface area contributed by atoms with E-state index < -0.39 is 0 Å². The van der Waals surface area contributed by atoms with Gasteiger partial charge in [-0.3, -0.25) is 0 Å². The summed E-state index contributed by atoms with van der Waals surface area (Å²) >= 11 is 0. The van der Waals surface area contributed by atoms with Crippen LogP contribution in [0, 0.1) is 11.3 Å². The Labute approximate surface area is 115 Å². The molecule has 0 saturated heterocycles. The van der Waals surface area contributed by atoms with Crippen molar-refractivity contribution in [1.82, 2.24) is 15.3 Å². The van der Waals surface area contributed by atoms with Crippen LogP contribution < -0.4 is 16.4 Å². The first-order valence-corrected chi connectivity index (χ1v) is 5.78. The summed E-state index contributed by atoms with van der Waals surface area (Å²) in [6.45, 7) is 0.231. The molecule has 2 aromatic rings. The summed E-state index contributed by atoms with van der Waals surface area (Å²) in [7, 11) is 0. The van der Waals surface area contributed by atoms with E-state index in [1.807, 2.05) is 6.07 Å². The fraction of sp³-hybridized carbons (Fsp3) is 0.0769. The van der Waals surface area contributed by atoms with Gasteiger partial charge in [-0.15, -0.1) is 0 Å². The average molecular weight is 268 g/mol. The predicted molar refractivity (Wildman–Crippen MR) is 73.5 cm³/mol. The second kappa shape index (κ2) is 6.15. The number of urea groups is 1. The van der Waals surface area contributed by atoms with Gasteiger partial charge in [0.15, 0.2) is 0 Å². The van der Waals surface area contributed by atoms with Crippen LogP contribution in [0.2, 0.25) is 0 Å². The zero-order valence-electron chi connectivity index (χ0n) is 10.5.